The summed E-state index contributed by atoms with van der Waals surface area (Å²) >= 11 is 0. The molecule has 1 aliphatic carbocycles. The van der Waals surface area contributed by atoms with E-state index in [-0.39, 0.29) is 6.10 Å². The number of aliphatic hydroxyl groups excluding tert-OH is 1. The van der Waals surface area contributed by atoms with Gasteiger partial charge in [0.1, 0.15) is 0 Å². The molecule has 0 aromatic heterocycles. The molecule has 0 amide bonds. The molecular weight excluding hydrogens is 112 g/mol. The number of hydrogen-bond acceptors (Lipinski definition) is 1. The van der Waals surface area contributed by atoms with Gasteiger partial charge in [-0.25, -0.2) is 0 Å². The summed E-state index contributed by atoms with van der Waals surface area (Å²) in [4.78, 5) is 0. The van der Waals surface area contributed by atoms with Crippen LogP contribution >= 0.6 is 0 Å². The van der Waals surface area contributed by atoms with E-state index in [1.165, 1.54) is 12.8 Å². The molecule has 1 saturated carbocycles. The van der Waals surface area contributed by atoms with E-state index in [2.05, 4.69) is 13.8 Å². The molecule has 1 nitrogen and oxygen atoms in total. The van der Waals surface area contributed by atoms with Gasteiger partial charge in [-0.15, -0.1) is 0 Å². The van der Waals surface area contributed by atoms with E-state index in [0.717, 1.165) is 12.3 Å². The lowest BCUT2D eigenvalue weighted by Gasteiger charge is -2.30. The summed E-state index contributed by atoms with van der Waals surface area (Å²) in [6.45, 7) is 4.38. The monoisotopic (exact) mass is 128 g/mol. The van der Waals surface area contributed by atoms with Gasteiger partial charge in [0, 0.05) is 0 Å². The van der Waals surface area contributed by atoms with Gasteiger partial charge >= 0.3 is 0 Å². The average molecular weight is 128 g/mol. The highest BCUT2D eigenvalue weighted by Gasteiger charge is 2.24. The second-order valence-electron chi connectivity index (χ2n) is 3.33. The van der Waals surface area contributed by atoms with Gasteiger partial charge in [-0.3, -0.25) is 0 Å². The van der Waals surface area contributed by atoms with Gasteiger partial charge in [0.05, 0.1) is 6.10 Å². The number of aliphatic hydroxyl groups is 1. The molecule has 0 aliphatic heterocycles. The molecule has 0 radical (unpaired) electrons. The van der Waals surface area contributed by atoms with Crippen LogP contribution in [0.3, 0.4) is 0 Å². The topological polar surface area (TPSA) is 20.2 Å². The maximum atomic E-state index is 9.35. The maximum Gasteiger partial charge on any atom is 0.0568 e. The Labute approximate surface area is 57.1 Å². The van der Waals surface area contributed by atoms with Gasteiger partial charge in [0.2, 0.25) is 0 Å². The van der Waals surface area contributed by atoms with Crippen molar-refractivity contribution in [2.45, 2.75) is 39.2 Å². The Morgan fingerprint density at radius 1 is 1.22 bits per heavy atom. The zero-order valence-electron chi connectivity index (χ0n) is 6.30. The van der Waals surface area contributed by atoms with Gasteiger partial charge in [0.25, 0.3) is 0 Å². The van der Waals surface area contributed by atoms with Gasteiger partial charge in [-0.05, 0) is 18.3 Å². The molecule has 1 N–H and O–H groups in total. The maximum absolute atomic E-state index is 9.35. The van der Waals surface area contributed by atoms with E-state index in [1.54, 1.807) is 0 Å². The third-order valence-electron chi connectivity index (χ3n) is 2.66. The Kier molecular flexibility index (Phi) is 2.12. The van der Waals surface area contributed by atoms with Crippen LogP contribution in [0.15, 0.2) is 0 Å². The minimum Gasteiger partial charge on any atom is -0.393 e. The van der Waals surface area contributed by atoms with Crippen molar-refractivity contribution < 1.29 is 5.11 Å². The molecule has 0 aromatic carbocycles. The molecular formula is C8H16O. The first-order valence-electron chi connectivity index (χ1n) is 3.90. The summed E-state index contributed by atoms with van der Waals surface area (Å²) < 4.78 is 0. The Morgan fingerprint density at radius 3 is 2.33 bits per heavy atom. The van der Waals surface area contributed by atoms with Crippen LogP contribution in [0.25, 0.3) is 0 Å². The molecule has 54 valence electrons. The Hall–Kier alpha value is -0.0400. The molecule has 1 unspecified atom stereocenters. The first-order valence-corrected chi connectivity index (χ1v) is 3.90. The van der Waals surface area contributed by atoms with E-state index in [1.807, 2.05) is 0 Å². The van der Waals surface area contributed by atoms with Crippen molar-refractivity contribution in [2.75, 3.05) is 0 Å². The zero-order chi connectivity index (χ0) is 6.85. The molecule has 3 atom stereocenters. The normalized spacial score (nSPS) is 45.0. The highest BCUT2D eigenvalue weighted by molar-refractivity contribution is 4.75. The molecule has 1 rings (SSSR count). The van der Waals surface area contributed by atoms with E-state index < -0.39 is 0 Å². The molecule has 1 fully saturated rings. The lowest BCUT2D eigenvalue weighted by atomic mass is 9.80. The van der Waals surface area contributed by atoms with Crippen molar-refractivity contribution in [3.63, 3.8) is 0 Å². The van der Waals surface area contributed by atoms with Crippen LogP contribution in [0.5, 0.6) is 0 Å². The van der Waals surface area contributed by atoms with Gasteiger partial charge in [0.15, 0.2) is 0 Å². The van der Waals surface area contributed by atoms with Crippen LogP contribution in [0.4, 0.5) is 0 Å². The molecule has 1 heteroatoms. The molecule has 0 aromatic rings. The lowest BCUT2D eigenvalue weighted by Crippen LogP contribution is -2.28. The van der Waals surface area contributed by atoms with Crippen molar-refractivity contribution in [3.05, 3.63) is 0 Å². The van der Waals surface area contributed by atoms with Crippen LogP contribution in [0, 0.1) is 11.8 Å². The Balaban J connectivity index is 2.41. The summed E-state index contributed by atoms with van der Waals surface area (Å²) in [7, 11) is 0. The number of hydrogen-bond donors (Lipinski definition) is 1. The predicted octanol–water partition coefficient (Wildman–Crippen LogP) is 1.80. The molecule has 0 spiro atoms. The molecule has 1 aliphatic rings. The third-order valence-corrected chi connectivity index (χ3v) is 2.66. The van der Waals surface area contributed by atoms with Crippen LogP contribution in [0.1, 0.15) is 33.1 Å². The van der Waals surface area contributed by atoms with Crippen molar-refractivity contribution in [1.29, 1.82) is 0 Å². The average Bonchev–Trinajstić information content (AvgIpc) is 1.83. The second kappa shape index (κ2) is 2.70. The lowest BCUT2D eigenvalue weighted by molar-refractivity contribution is 0.0486. The Morgan fingerprint density at radius 2 is 1.89 bits per heavy atom. The van der Waals surface area contributed by atoms with Crippen molar-refractivity contribution in [1.82, 2.24) is 0 Å². The van der Waals surface area contributed by atoms with Gasteiger partial charge in [-0.2, -0.15) is 0 Å². The Bertz CT molecular complexity index is 80.6. The minimum atomic E-state index is -0.0197. The minimum absolute atomic E-state index is 0.0197. The largest absolute Gasteiger partial charge is 0.393 e. The first-order chi connectivity index (χ1) is 4.22. The fraction of sp³-hybridized carbons (Fsp3) is 1.00. The van der Waals surface area contributed by atoms with E-state index in [0.29, 0.717) is 5.92 Å². The molecule has 0 saturated heterocycles. The predicted molar refractivity (Wildman–Crippen MR) is 38.2 cm³/mol. The fourth-order valence-corrected chi connectivity index (χ4v) is 1.55. The standard InChI is InChI=1S/C8H16O/c1-6-4-3-5-8(9)7(6)2/h6-9H,3-5H2,1-2H3/t6-,7-,8?/m1/s1. The highest BCUT2D eigenvalue weighted by atomic mass is 16.3. The second-order valence-corrected chi connectivity index (χ2v) is 3.33. The third kappa shape index (κ3) is 1.45. The van der Waals surface area contributed by atoms with E-state index >= 15 is 0 Å². The van der Waals surface area contributed by atoms with Gasteiger partial charge in [-0.1, -0.05) is 26.7 Å². The molecule has 0 heterocycles. The first kappa shape index (κ1) is 7.07. The molecule has 9 heavy (non-hydrogen) atoms. The van der Waals surface area contributed by atoms with Crippen LogP contribution in [-0.2, 0) is 0 Å². The SMILES string of the molecule is C[C@@H]1CCCC(O)[C@@H]1C. The van der Waals surface area contributed by atoms with Crippen LogP contribution < -0.4 is 0 Å². The van der Waals surface area contributed by atoms with Crippen molar-refractivity contribution in [2.24, 2.45) is 11.8 Å². The zero-order valence-corrected chi connectivity index (χ0v) is 6.30. The van der Waals surface area contributed by atoms with E-state index in [4.69, 9.17) is 0 Å². The van der Waals surface area contributed by atoms with E-state index in [9.17, 15) is 5.11 Å². The van der Waals surface area contributed by atoms with Crippen LogP contribution in [-0.4, -0.2) is 11.2 Å². The molecule has 0 bridgehead atoms. The fourth-order valence-electron chi connectivity index (χ4n) is 1.55. The van der Waals surface area contributed by atoms with Crippen molar-refractivity contribution in [3.8, 4) is 0 Å². The highest BCUT2D eigenvalue weighted by Crippen LogP contribution is 2.28. The summed E-state index contributed by atoms with van der Waals surface area (Å²) in [6, 6.07) is 0. The smallest absolute Gasteiger partial charge is 0.0568 e. The quantitative estimate of drug-likeness (QED) is 0.527. The van der Waals surface area contributed by atoms with Crippen molar-refractivity contribution >= 4 is 0 Å². The summed E-state index contributed by atoms with van der Waals surface area (Å²) in [5.74, 6) is 1.26. The summed E-state index contributed by atoms with van der Waals surface area (Å²) in [6.07, 6.45) is 3.52. The number of rotatable bonds is 0. The summed E-state index contributed by atoms with van der Waals surface area (Å²) in [5, 5.41) is 9.35. The van der Waals surface area contributed by atoms with Crippen LogP contribution in [0.2, 0.25) is 0 Å². The van der Waals surface area contributed by atoms with Gasteiger partial charge < -0.3 is 5.11 Å². The summed E-state index contributed by atoms with van der Waals surface area (Å²) in [5.41, 5.74) is 0.